The lowest BCUT2D eigenvalue weighted by molar-refractivity contribution is 0.0952. The first-order valence-corrected chi connectivity index (χ1v) is 8.61. The first-order valence-electron chi connectivity index (χ1n) is 7.12. The Morgan fingerprint density at radius 1 is 1.21 bits per heavy atom. The zero-order valence-electron chi connectivity index (χ0n) is 13.2. The van der Waals surface area contributed by atoms with E-state index in [1.165, 1.54) is 43.5 Å². The number of anilines is 1. The van der Waals surface area contributed by atoms with Crippen LogP contribution >= 0.6 is 0 Å². The van der Waals surface area contributed by atoms with Gasteiger partial charge >= 0.3 is 0 Å². The largest absolute Gasteiger partial charge is 0.496 e. The van der Waals surface area contributed by atoms with Crippen LogP contribution in [0.2, 0.25) is 0 Å². The van der Waals surface area contributed by atoms with E-state index in [1.807, 2.05) is 0 Å². The quantitative estimate of drug-likeness (QED) is 0.836. The van der Waals surface area contributed by atoms with Gasteiger partial charge in [0.2, 0.25) is 0 Å². The summed E-state index contributed by atoms with van der Waals surface area (Å²) in [4.78, 5) is 11.9. The molecule has 0 bridgehead atoms. The van der Waals surface area contributed by atoms with Gasteiger partial charge < -0.3 is 10.1 Å². The third-order valence-electron chi connectivity index (χ3n) is 3.18. The average molecular weight is 352 g/mol. The lowest BCUT2D eigenvalue weighted by Crippen LogP contribution is -2.24. The molecule has 2 rings (SSSR count). The highest BCUT2D eigenvalue weighted by Gasteiger charge is 2.20. The van der Waals surface area contributed by atoms with Gasteiger partial charge in [-0.25, -0.2) is 12.8 Å². The lowest BCUT2D eigenvalue weighted by atomic mass is 10.2. The van der Waals surface area contributed by atoms with Gasteiger partial charge in [-0.2, -0.15) is 0 Å². The van der Waals surface area contributed by atoms with Crippen LogP contribution in [-0.2, 0) is 10.0 Å². The van der Waals surface area contributed by atoms with E-state index in [0.717, 1.165) is 6.07 Å². The van der Waals surface area contributed by atoms with Crippen LogP contribution < -0.4 is 14.8 Å². The van der Waals surface area contributed by atoms with Crippen molar-refractivity contribution in [2.45, 2.75) is 11.8 Å². The van der Waals surface area contributed by atoms with Gasteiger partial charge in [-0.15, -0.1) is 0 Å². The molecular weight excluding hydrogens is 335 g/mol. The number of methoxy groups -OCH3 is 1. The van der Waals surface area contributed by atoms with E-state index in [0.29, 0.717) is 6.54 Å². The zero-order chi connectivity index (χ0) is 17.7. The number of benzene rings is 2. The van der Waals surface area contributed by atoms with E-state index in [9.17, 15) is 17.6 Å². The summed E-state index contributed by atoms with van der Waals surface area (Å²) in [5, 5.41) is 2.58. The zero-order valence-corrected chi connectivity index (χ0v) is 14.0. The SMILES string of the molecule is CCNC(=O)c1cc(S(=O)(=O)Nc2ccccc2F)ccc1OC. The molecule has 0 aromatic heterocycles. The van der Waals surface area contributed by atoms with E-state index in [-0.39, 0.29) is 21.9 Å². The first-order chi connectivity index (χ1) is 11.4. The number of rotatable bonds is 6. The van der Waals surface area contributed by atoms with Crippen LogP contribution in [0, 0.1) is 5.82 Å². The number of hydrogen-bond acceptors (Lipinski definition) is 4. The topological polar surface area (TPSA) is 84.5 Å². The number of sulfonamides is 1. The minimum absolute atomic E-state index is 0.0794. The maximum absolute atomic E-state index is 13.7. The number of amides is 1. The molecule has 24 heavy (non-hydrogen) atoms. The third kappa shape index (κ3) is 3.83. The number of halogens is 1. The Labute approximate surface area is 139 Å². The maximum Gasteiger partial charge on any atom is 0.262 e. The number of hydrogen-bond donors (Lipinski definition) is 2. The molecule has 0 saturated carbocycles. The number of nitrogens with one attached hydrogen (secondary N) is 2. The minimum atomic E-state index is -4.06. The monoisotopic (exact) mass is 352 g/mol. The fourth-order valence-electron chi connectivity index (χ4n) is 2.04. The Hall–Kier alpha value is -2.61. The number of carbonyl (C=O) groups is 1. The molecular formula is C16H17FN2O4S. The molecule has 0 fully saturated rings. The van der Waals surface area contributed by atoms with Gasteiger partial charge in [0.25, 0.3) is 15.9 Å². The first kappa shape index (κ1) is 17.7. The van der Waals surface area contributed by atoms with Crippen LogP contribution in [0.15, 0.2) is 47.4 Å². The molecule has 0 saturated heterocycles. The second-order valence-electron chi connectivity index (χ2n) is 4.81. The van der Waals surface area contributed by atoms with Crippen molar-refractivity contribution in [3.05, 3.63) is 53.8 Å². The molecule has 1 amide bonds. The van der Waals surface area contributed by atoms with Crippen molar-refractivity contribution in [3.63, 3.8) is 0 Å². The van der Waals surface area contributed by atoms with Gasteiger partial charge in [0, 0.05) is 6.54 Å². The van der Waals surface area contributed by atoms with E-state index in [4.69, 9.17) is 4.74 Å². The normalized spacial score (nSPS) is 11.0. The van der Waals surface area contributed by atoms with Gasteiger partial charge in [-0.3, -0.25) is 9.52 Å². The Kier molecular flexibility index (Phi) is 5.40. The summed E-state index contributed by atoms with van der Waals surface area (Å²) in [5.41, 5.74) is -0.0939. The molecule has 2 N–H and O–H groups in total. The summed E-state index contributed by atoms with van der Waals surface area (Å²) in [6.45, 7) is 2.12. The molecule has 0 atom stereocenters. The highest BCUT2D eigenvalue weighted by atomic mass is 32.2. The molecule has 0 aliphatic heterocycles. The standard InChI is InChI=1S/C16H17FN2O4S/c1-3-18-16(20)12-10-11(8-9-15(12)23-2)24(21,22)19-14-7-5-4-6-13(14)17/h4-10,19H,3H2,1-2H3,(H,18,20). The van der Waals surface area contributed by atoms with Crippen LogP contribution in [0.25, 0.3) is 0 Å². The molecule has 0 radical (unpaired) electrons. The second kappa shape index (κ2) is 7.31. The van der Waals surface area contributed by atoms with Gasteiger partial charge in [0.15, 0.2) is 0 Å². The summed E-state index contributed by atoms with van der Waals surface area (Å²) in [6, 6.07) is 9.26. The Bertz CT molecular complexity index is 853. The smallest absolute Gasteiger partial charge is 0.262 e. The van der Waals surface area contributed by atoms with Crippen molar-refractivity contribution in [1.82, 2.24) is 5.32 Å². The van der Waals surface area contributed by atoms with Crippen LogP contribution in [0.5, 0.6) is 5.75 Å². The van der Waals surface area contributed by atoms with E-state index in [1.54, 1.807) is 6.92 Å². The molecule has 2 aromatic carbocycles. The van der Waals surface area contributed by atoms with Crippen molar-refractivity contribution < 1.29 is 22.3 Å². The van der Waals surface area contributed by atoms with Crippen LogP contribution in [0.4, 0.5) is 10.1 Å². The minimum Gasteiger partial charge on any atom is -0.496 e. The average Bonchev–Trinajstić information content (AvgIpc) is 2.56. The van der Waals surface area contributed by atoms with Gasteiger partial charge in [0.05, 0.1) is 23.3 Å². The summed E-state index contributed by atoms with van der Waals surface area (Å²) in [7, 11) is -2.68. The predicted octanol–water partition coefficient (Wildman–Crippen LogP) is 2.38. The molecule has 0 heterocycles. The molecule has 8 heteroatoms. The van der Waals surface area contributed by atoms with Crippen LogP contribution in [-0.4, -0.2) is 28.0 Å². The molecule has 0 aliphatic carbocycles. The van der Waals surface area contributed by atoms with Gasteiger partial charge in [-0.05, 0) is 37.3 Å². The summed E-state index contributed by atoms with van der Waals surface area (Å²) in [6.07, 6.45) is 0. The van der Waals surface area contributed by atoms with E-state index in [2.05, 4.69) is 10.0 Å². The fourth-order valence-corrected chi connectivity index (χ4v) is 3.13. The molecule has 128 valence electrons. The Morgan fingerprint density at radius 2 is 1.92 bits per heavy atom. The van der Waals surface area contributed by atoms with Crippen molar-refractivity contribution in [1.29, 1.82) is 0 Å². The fraction of sp³-hybridized carbons (Fsp3) is 0.188. The van der Waals surface area contributed by atoms with Crippen LogP contribution in [0.3, 0.4) is 0 Å². The van der Waals surface area contributed by atoms with E-state index >= 15 is 0 Å². The number of ether oxygens (including phenoxy) is 1. The van der Waals surface area contributed by atoms with Gasteiger partial charge in [0.1, 0.15) is 11.6 Å². The van der Waals surface area contributed by atoms with Crippen molar-refractivity contribution in [2.75, 3.05) is 18.4 Å². The number of para-hydroxylation sites is 1. The number of carbonyl (C=O) groups excluding carboxylic acids is 1. The predicted molar refractivity (Wildman–Crippen MR) is 88.2 cm³/mol. The van der Waals surface area contributed by atoms with Crippen molar-refractivity contribution >= 4 is 21.6 Å². The lowest BCUT2D eigenvalue weighted by Gasteiger charge is -2.12. The van der Waals surface area contributed by atoms with E-state index < -0.39 is 21.7 Å². The Balaban J connectivity index is 2.42. The molecule has 6 nitrogen and oxygen atoms in total. The summed E-state index contributed by atoms with van der Waals surface area (Å²) < 4.78 is 45.8. The molecule has 0 aliphatic rings. The molecule has 0 spiro atoms. The second-order valence-corrected chi connectivity index (χ2v) is 6.49. The summed E-state index contributed by atoms with van der Waals surface area (Å²) in [5.74, 6) is -0.915. The van der Waals surface area contributed by atoms with Crippen molar-refractivity contribution in [3.8, 4) is 5.75 Å². The highest BCUT2D eigenvalue weighted by Crippen LogP contribution is 2.24. The Morgan fingerprint density at radius 3 is 2.54 bits per heavy atom. The molecule has 0 unspecified atom stereocenters. The maximum atomic E-state index is 13.7. The molecule has 2 aromatic rings. The third-order valence-corrected chi connectivity index (χ3v) is 4.54. The van der Waals surface area contributed by atoms with Gasteiger partial charge in [-0.1, -0.05) is 12.1 Å². The summed E-state index contributed by atoms with van der Waals surface area (Å²) >= 11 is 0. The highest BCUT2D eigenvalue weighted by molar-refractivity contribution is 7.92. The van der Waals surface area contributed by atoms with Crippen LogP contribution in [0.1, 0.15) is 17.3 Å². The van der Waals surface area contributed by atoms with Crippen molar-refractivity contribution in [2.24, 2.45) is 0 Å².